The maximum absolute atomic E-state index is 11.8. The Morgan fingerprint density at radius 3 is 2.83 bits per heavy atom. The number of alkyl halides is 2. The minimum absolute atomic E-state index is 0.145. The minimum Gasteiger partial charge on any atom is -0.434 e. The molecule has 0 aliphatic rings. The van der Waals surface area contributed by atoms with E-state index in [1.165, 1.54) is 12.3 Å². The topological polar surface area (TPSA) is 22.1 Å². The molecular weight excluding hydrogens is 232 g/mol. The van der Waals surface area contributed by atoms with Gasteiger partial charge in [0.15, 0.2) is 0 Å². The van der Waals surface area contributed by atoms with Crippen molar-refractivity contribution >= 4 is 15.9 Å². The molecule has 0 bridgehead atoms. The smallest absolute Gasteiger partial charge is 0.387 e. The second kappa shape index (κ2) is 3.80. The Balaban J connectivity index is 2.92. The Hall–Kier alpha value is -0.710. The zero-order valence-electron chi connectivity index (χ0n) is 6.22. The maximum Gasteiger partial charge on any atom is 0.387 e. The van der Waals surface area contributed by atoms with Crippen LogP contribution in [0.15, 0.2) is 16.9 Å². The Morgan fingerprint density at radius 2 is 2.25 bits per heavy atom. The molecule has 0 unspecified atom stereocenters. The number of nitrogens with zero attached hydrogens (tertiary/aromatic N) is 1. The number of rotatable bonds is 2. The van der Waals surface area contributed by atoms with Crippen LogP contribution in [0.25, 0.3) is 0 Å². The molecule has 0 radical (unpaired) electrons. The summed E-state index contributed by atoms with van der Waals surface area (Å²) < 4.78 is 28.3. The van der Waals surface area contributed by atoms with Crippen molar-refractivity contribution in [3.05, 3.63) is 22.4 Å². The molecule has 0 saturated carbocycles. The fourth-order valence-electron chi connectivity index (χ4n) is 0.718. The average Bonchev–Trinajstić information content (AvgIpc) is 1.98. The number of aromatic nitrogens is 1. The number of ether oxygens (including phenoxy) is 1. The first-order valence-electron chi connectivity index (χ1n) is 3.17. The van der Waals surface area contributed by atoms with Crippen LogP contribution in [0.2, 0.25) is 0 Å². The van der Waals surface area contributed by atoms with Gasteiger partial charge in [0.25, 0.3) is 0 Å². The van der Waals surface area contributed by atoms with Crippen LogP contribution in [0.1, 0.15) is 5.56 Å². The predicted molar refractivity (Wildman–Crippen MR) is 43.3 cm³/mol. The molecule has 2 nitrogen and oxygen atoms in total. The lowest BCUT2D eigenvalue weighted by molar-refractivity contribution is -0.0503. The Labute approximate surface area is 76.7 Å². The number of hydrogen-bond acceptors (Lipinski definition) is 2. The third-order valence-corrected chi connectivity index (χ3v) is 2.11. The monoisotopic (exact) mass is 237 g/mol. The van der Waals surface area contributed by atoms with Gasteiger partial charge in [0.2, 0.25) is 0 Å². The van der Waals surface area contributed by atoms with E-state index < -0.39 is 6.61 Å². The third kappa shape index (κ3) is 2.14. The number of hydrogen-bond donors (Lipinski definition) is 0. The van der Waals surface area contributed by atoms with Crippen LogP contribution < -0.4 is 4.74 Å². The summed E-state index contributed by atoms with van der Waals surface area (Å²) in [4.78, 5) is 3.84. The lowest BCUT2D eigenvalue weighted by atomic mass is 10.3. The maximum atomic E-state index is 11.8. The molecule has 0 atom stereocenters. The van der Waals surface area contributed by atoms with E-state index in [4.69, 9.17) is 0 Å². The molecule has 0 aromatic carbocycles. The van der Waals surface area contributed by atoms with Gasteiger partial charge in [0.1, 0.15) is 10.4 Å². The Bertz CT molecular complexity index is 280. The highest BCUT2D eigenvalue weighted by molar-refractivity contribution is 9.10. The highest BCUT2D eigenvalue weighted by atomic mass is 79.9. The molecule has 0 N–H and O–H groups in total. The van der Waals surface area contributed by atoms with Gasteiger partial charge >= 0.3 is 6.61 Å². The fraction of sp³-hybridized carbons (Fsp3) is 0.286. The van der Waals surface area contributed by atoms with Gasteiger partial charge in [-0.05, 0) is 28.9 Å². The number of pyridine rings is 1. The van der Waals surface area contributed by atoms with Crippen LogP contribution in [0, 0.1) is 6.92 Å². The molecule has 0 saturated heterocycles. The van der Waals surface area contributed by atoms with Crippen molar-refractivity contribution in [1.82, 2.24) is 4.98 Å². The minimum atomic E-state index is -2.79. The first-order chi connectivity index (χ1) is 5.61. The molecule has 0 aliphatic carbocycles. The summed E-state index contributed by atoms with van der Waals surface area (Å²) >= 11 is 3.10. The largest absolute Gasteiger partial charge is 0.434 e. The molecular formula is C7H6BrF2NO. The van der Waals surface area contributed by atoms with Crippen LogP contribution in [-0.2, 0) is 0 Å². The molecule has 0 spiro atoms. The van der Waals surface area contributed by atoms with Crippen molar-refractivity contribution in [3.63, 3.8) is 0 Å². The van der Waals surface area contributed by atoms with Crippen molar-refractivity contribution in [3.8, 4) is 5.75 Å². The van der Waals surface area contributed by atoms with Crippen LogP contribution >= 0.6 is 15.9 Å². The molecule has 0 amide bonds. The summed E-state index contributed by atoms with van der Waals surface area (Å²) in [5, 5.41) is 0. The third-order valence-electron chi connectivity index (χ3n) is 1.31. The van der Waals surface area contributed by atoms with Crippen molar-refractivity contribution in [2.45, 2.75) is 13.5 Å². The zero-order chi connectivity index (χ0) is 9.14. The molecule has 0 aliphatic heterocycles. The summed E-state index contributed by atoms with van der Waals surface area (Å²) in [6.45, 7) is -1.15. The van der Waals surface area contributed by atoms with Gasteiger partial charge in [0.05, 0.1) is 0 Å². The van der Waals surface area contributed by atoms with Gasteiger partial charge in [0, 0.05) is 11.8 Å². The molecule has 1 aromatic heterocycles. The van der Waals surface area contributed by atoms with E-state index in [-0.39, 0.29) is 5.75 Å². The molecule has 1 heterocycles. The second-order valence-electron chi connectivity index (χ2n) is 2.10. The molecule has 1 aromatic rings. The second-order valence-corrected chi connectivity index (χ2v) is 2.85. The van der Waals surface area contributed by atoms with Gasteiger partial charge < -0.3 is 4.74 Å². The van der Waals surface area contributed by atoms with Crippen molar-refractivity contribution in [1.29, 1.82) is 0 Å². The van der Waals surface area contributed by atoms with Gasteiger partial charge in [-0.3, -0.25) is 0 Å². The molecule has 5 heteroatoms. The van der Waals surface area contributed by atoms with Gasteiger partial charge in [-0.15, -0.1) is 0 Å². The molecule has 12 heavy (non-hydrogen) atoms. The van der Waals surface area contributed by atoms with E-state index in [9.17, 15) is 8.78 Å². The first-order valence-corrected chi connectivity index (χ1v) is 3.96. The summed E-state index contributed by atoms with van der Waals surface area (Å²) in [6.07, 6.45) is 1.40. The molecule has 1 rings (SSSR count). The SMILES string of the molecule is Cc1c(OC(F)F)ccnc1Br. The summed E-state index contributed by atoms with van der Waals surface area (Å²) in [5.41, 5.74) is 0.567. The van der Waals surface area contributed by atoms with Gasteiger partial charge in [-0.2, -0.15) is 8.78 Å². The van der Waals surface area contributed by atoms with E-state index in [1.54, 1.807) is 6.92 Å². The van der Waals surface area contributed by atoms with Gasteiger partial charge in [-0.25, -0.2) is 4.98 Å². The highest BCUT2D eigenvalue weighted by Crippen LogP contribution is 2.24. The summed E-state index contributed by atoms with van der Waals surface area (Å²) in [5.74, 6) is 0.145. The van der Waals surface area contributed by atoms with E-state index in [1.807, 2.05) is 0 Å². The quantitative estimate of drug-likeness (QED) is 0.739. The lowest BCUT2D eigenvalue weighted by Gasteiger charge is -2.07. The fourth-order valence-corrected chi connectivity index (χ4v) is 1.03. The normalized spacial score (nSPS) is 10.4. The van der Waals surface area contributed by atoms with Crippen LogP contribution in [0.4, 0.5) is 8.78 Å². The van der Waals surface area contributed by atoms with E-state index in [0.717, 1.165) is 0 Å². The first kappa shape index (κ1) is 9.38. The van der Waals surface area contributed by atoms with Crippen molar-refractivity contribution < 1.29 is 13.5 Å². The summed E-state index contributed by atoms with van der Waals surface area (Å²) in [7, 11) is 0. The van der Waals surface area contributed by atoms with Crippen molar-refractivity contribution in [2.75, 3.05) is 0 Å². The van der Waals surface area contributed by atoms with E-state index in [0.29, 0.717) is 10.2 Å². The zero-order valence-corrected chi connectivity index (χ0v) is 7.81. The highest BCUT2D eigenvalue weighted by Gasteiger charge is 2.08. The average molecular weight is 238 g/mol. The standard InChI is InChI=1S/C7H6BrF2NO/c1-4-5(12-7(9)10)2-3-11-6(4)8/h2-3,7H,1H3. The van der Waals surface area contributed by atoms with E-state index >= 15 is 0 Å². The van der Waals surface area contributed by atoms with E-state index in [2.05, 4.69) is 25.7 Å². The van der Waals surface area contributed by atoms with Crippen LogP contribution in [0.5, 0.6) is 5.75 Å². The van der Waals surface area contributed by atoms with Crippen LogP contribution in [-0.4, -0.2) is 11.6 Å². The Kier molecular flexibility index (Phi) is 2.97. The number of halogens is 3. The predicted octanol–water partition coefficient (Wildman–Crippen LogP) is 2.75. The lowest BCUT2D eigenvalue weighted by Crippen LogP contribution is -2.03. The van der Waals surface area contributed by atoms with Crippen molar-refractivity contribution in [2.24, 2.45) is 0 Å². The van der Waals surface area contributed by atoms with Gasteiger partial charge in [-0.1, -0.05) is 0 Å². The Morgan fingerprint density at radius 1 is 1.58 bits per heavy atom. The summed E-state index contributed by atoms with van der Waals surface area (Å²) in [6, 6.07) is 1.40. The van der Waals surface area contributed by atoms with Crippen LogP contribution in [0.3, 0.4) is 0 Å². The molecule has 0 fully saturated rings. The molecule has 66 valence electrons.